The predicted octanol–water partition coefficient (Wildman–Crippen LogP) is 2.32. The summed E-state index contributed by atoms with van der Waals surface area (Å²) >= 11 is 0. The van der Waals surface area contributed by atoms with Crippen molar-refractivity contribution in [3.63, 3.8) is 0 Å². The number of hydrogen-bond acceptors (Lipinski definition) is 3. The summed E-state index contributed by atoms with van der Waals surface area (Å²) in [7, 11) is 0. The fourth-order valence-electron chi connectivity index (χ4n) is 1.62. The molecule has 1 aromatic carbocycles. The van der Waals surface area contributed by atoms with Gasteiger partial charge in [-0.05, 0) is 45.0 Å². The fourth-order valence-corrected chi connectivity index (χ4v) is 1.62. The van der Waals surface area contributed by atoms with Crippen molar-refractivity contribution in [1.82, 2.24) is 4.90 Å². The van der Waals surface area contributed by atoms with Crippen molar-refractivity contribution in [3.05, 3.63) is 24.3 Å². The van der Waals surface area contributed by atoms with Gasteiger partial charge in [-0.3, -0.25) is 0 Å². The average molecular weight is 266 g/mol. The van der Waals surface area contributed by atoms with Crippen molar-refractivity contribution < 1.29 is 14.6 Å². The summed E-state index contributed by atoms with van der Waals surface area (Å²) in [4.78, 5) is 13.4. The highest BCUT2D eigenvalue weighted by atomic mass is 16.5. The number of carbonyl (C=O) groups is 1. The zero-order chi connectivity index (χ0) is 14.3. The Hall–Kier alpha value is -1.75. The summed E-state index contributed by atoms with van der Waals surface area (Å²) in [6.07, 6.45) is 0.126. The molecule has 2 amide bonds. The summed E-state index contributed by atoms with van der Waals surface area (Å²) < 4.78 is 5.53. The third-order valence-corrected chi connectivity index (χ3v) is 2.52. The first-order valence-electron chi connectivity index (χ1n) is 6.50. The van der Waals surface area contributed by atoms with Gasteiger partial charge in [-0.25, -0.2) is 4.79 Å². The van der Waals surface area contributed by atoms with Crippen LogP contribution in [0.4, 0.5) is 10.5 Å². The summed E-state index contributed by atoms with van der Waals surface area (Å²) in [5, 5.41) is 11.6. The van der Waals surface area contributed by atoms with Crippen molar-refractivity contribution in [2.24, 2.45) is 0 Å². The number of likely N-dealkylation sites (N-methyl/N-ethyl adjacent to an activating group) is 1. The molecule has 2 N–H and O–H groups in total. The number of rotatable bonds is 6. The van der Waals surface area contributed by atoms with E-state index in [1.807, 2.05) is 32.9 Å². The van der Waals surface area contributed by atoms with Gasteiger partial charge in [0.25, 0.3) is 0 Å². The molecule has 0 aromatic heterocycles. The number of carbonyl (C=O) groups excluding carboxylic acids is 1. The van der Waals surface area contributed by atoms with Crippen LogP contribution in [0.25, 0.3) is 0 Å². The Balaban J connectivity index is 2.59. The average Bonchev–Trinajstić information content (AvgIpc) is 2.37. The molecule has 0 saturated carbocycles. The van der Waals surface area contributed by atoms with E-state index in [9.17, 15) is 4.79 Å². The van der Waals surface area contributed by atoms with E-state index in [4.69, 9.17) is 9.84 Å². The SMILES string of the molecule is CCN(CCO)C(=O)Nc1ccc(OC(C)C)cc1. The second-order valence-corrected chi connectivity index (χ2v) is 4.42. The quantitative estimate of drug-likeness (QED) is 0.830. The van der Waals surface area contributed by atoms with Crippen molar-refractivity contribution in [2.45, 2.75) is 26.9 Å². The standard InChI is InChI=1S/C14H22N2O3/c1-4-16(9-10-17)14(18)15-12-5-7-13(8-6-12)19-11(2)3/h5-8,11,17H,4,9-10H2,1-3H3,(H,15,18). The monoisotopic (exact) mass is 266 g/mol. The number of urea groups is 1. The maximum atomic E-state index is 11.9. The lowest BCUT2D eigenvalue weighted by molar-refractivity contribution is 0.192. The molecule has 0 saturated heterocycles. The van der Waals surface area contributed by atoms with Gasteiger partial charge in [0.2, 0.25) is 0 Å². The largest absolute Gasteiger partial charge is 0.491 e. The number of anilines is 1. The zero-order valence-electron chi connectivity index (χ0n) is 11.7. The Kier molecular flexibility index (Phi) is 6.15. The number of aliphatic hydroxyl groups is 1. The Labute approximate surface area is 114 Å². The maximum Gasteiger partial charge on any atom is 0.321 e. The molecule has 0 unspecified atom stereocenters. The Morgan fingerprint density at radius 1 is 1.37 bits per heavy atom. The number of hydrogen-bond donors (Lipinski definition) is 2. The summed E-state index contributed by atoms with van der Waals surface area (Å²) in [6, 6.07) is 7.01. The van der Waals surface area contributed by atoms with Crippen molar-refractivity contribution in [2.75, 3.05) is 25.0 Å². The van der Waals surface area contributed by atoms with E-state index in [0.29, 0.717) is 18.8 Å². The Morgan fingerprint density at radius 3 is 2.47 bits per heavy atom. The second kappa shape index (κ2) is 7.63. The molecule has 106 valence electrons. The number of nitrogens with one attached hydrogen (secondary N) is 1. The van der Waals surface area contributed by atoms with Gasteiger partial charge >= 0.3 is 6.03 Å². The molecule has 19 heavy (non-hydrogen) atoms. The van der Waals surface area contributed by atoms with Crippen molar-refractivity contribution in [3.8, 4) is 5.75 Å². The fraction of sp³-hybridized carbons (Fsp3) is 0.500. The minimum atomic E-state index is -0.214. The molecule has 0 heterocycles. The highest BCUT2D eigenvalue weighted by Gasteiger charge is 2.10. The Morgan fingerprint density at radius 2 is 2.00 bits per heavy atom. The van der Waals surface area contributed by atoms with Crippen LogP contribution < -0.4 is 10.1 Å². The highest BCUT2D eigenvalue weighted by Crippen LogP contribution is 2.17. The van der Waals surface area contributed by atoms with Crippen LogP contribution in [-0.2, 0) is 0 Å². The molecule has 5 nitrogen and oxygen atoms in total. The lowest BCUT2D eigenvalue weighted by Gasteiger charge is -2.20. The molecule has 0 spiro atoms. The molecule has 1 rings (SSSR count). The molecule has 5 heteroatoms. The summed E-state index contributed by atoms with van der Waals surface area (Å²) in [6.45, 7) is 6.64. The lowest BCUT2D eigenvalue weighted by atomic mass is 10.3. The minimum absolute atomic E-state index is 0.0393. The first kappa shape index (κ1) is 15.3. The van der Waals surface area contributed by atoms with Gasteiger partial charge in [-0.15, -0.1) is 0 Å². The maximum absolute atomic E-state index is 11.9. The van der Waals surface area contributed by atoms with E-state index < -0.39 is 0 Å². The number of nitrogens with zero attached hydrogens (tertiary/aromatic N) is 1. The number of amides is 2. The van der Waals surface area contributed by atoms with E-state index in [1.54, 1.807) is 17.0 Å². The smallest absolute Gasteiger partial charge is 0.321 e. The van der Waals surface area contributed by atoms with Crippen LogP contribution in [0, 0.1) is 0 Å². The topological polar surface area (TPSA) is 61.8 Å². The minimum Gasteiger partial charge on any atom is -0.491 e. The van der Waals surface area contributed by atoms with Crippen LogP contribution in [0.5, 0.6) is 5.75 Å². The normalized spacial score (nSPS) is 10.4. The third-order valence-electron chi connectivity index (χ3n) is 2.52. The van der Waals surface area contributed by atoms with Crippen molar-refractivity contribution in [1.29, 1.82) is 0 Å². The van der Waals surface area contributed by atoms with Crippen LogP contribution in [-0.4, -0.2) is 41.8 Å². The highest BCUT2D eigenvalue weighted by molar-refractivity contribution is 5.89. The van der Waals surface area contributed by atoms with Crippen LogP contribution >= 0.6 is 0 Å². The molecule has 0 aliphatic rings. The third kappa shape index (κ3) is 5.18. The molecule has 0 radical (unpaired) electrons. The number of aliphatic hydroxyl groups excluding tert-OH is 1. The van der Waals surface area contributed by atoms with E-state index in [-0.39, 0.29) is 18.7 Å². The van der Waals surface area contributed by atoms with E-state index in [0.717, 1.165) is 5.75 Å². The van der Waals surface area contributed by atoms with E-state index in [2.05, 4.69) is 5.32 Å². The molecule has 0 atom stereocenters. The van der Waals surface area contributed by atoms with Crippen molar-refractivity contribution >= 4 is 11.7 Å². The van der Waals surface area contributed by atoms with Crippen LogP contribution in [0.3, 0.4) is 0 Å². The van der Waals surface area contributed by atoms with Crippen LogP contribution in [0.15, 0.2) is 24.3 Å². The van der Waals surface area contributed by atoms with Gasteiger partial charge in [0.05, 0.1) is 12.7 Å². The van der Waals surface area contributed by atoms with E-state index >= 15 is 0 Å². The lowest BCUT2D eigenvalue weighted by Crippen LogP contribution is -2.36. The molecular weight excluding hydrogens is 244 g/mol. The van der Waals surface area contributed by atoms with Gasteiger partial charge < -0.3 is 20.1 Å². The molecule has 0 fully saturated rings. The van der Waals surface area contributed by atoms with Gasteiger partial charge in [0.1, 0.15) is 5.75 Å². The van der Waals surface area contributed by atoms with Crippen LogP contribution in [0.1, 0.15) is 20.8 Å². The van der Waals surface area contributed by atoms with Gasteiger partial charge in [-0.2, -0.15) is 0 Å². The zero-order valence-corrected chi connectivity index (χ0v) is 11.7. The molecule has 0 aliphatic carbocycles. The first-order valence-corrected chi connectivity index (χ1v) is 6.50. The number of ether oxygens (including phenoxy) is 1. The Bertz CT molecular complexity index is 390. The molecular formula is C14H22N2O3. The van der Waals surface area contributed by atoms with Gasteiger partial charge in [0, 0.05) is 18.8 Å². The second-order valence-electron chi connectivity index (χ2n) is 4.42. The first-order chi connectivity index (χ1) is 9.06. The predicted molar refractivity (Wildman–Crippen MR) is 75.6 cm³/mol. The van der Waals surface area contributed by atoms with Gasteiger partial charge in [-0.1, -0.05) is 0 Å². The van der Waals surface area contributed by atoms with Crippen LogP contribution in [0.2, 0.25) is 0 Å². The molecule has 0 bridgehead atoms. The summed E-state index contributed by atoms with van der Waals surface area (Å²) in [5.74, 6) is 0.774. The number of benzene rings is 1. The molecule has 0 aliphatic heterocycles. The van der Waals surface area contributed by atoms with Gasteiger partial charge in [0.15, 0.2) is 0 Å². The van der Waals surface area contributed by atoms with E-state index in [1.165, 1.54) is 0 Å². The summed E-state index contributed by atoms with van der Waals surface area (Å²) in [5.41, 5.74) is 0.706. The molecule has 1 aromatic rings.